The maximum atomic E-state index is 12.1. The van der Waals surface area contributed by atoms with Crippen LogP contribution in [0.1, 0.15) is 5.56 Å². The highest BCUT2D eigenvalue weighted by Crippen LogP contribution is 2.27. The molecular formula is C12H11N5O2. The lowest BCUT2D eigenvalue weighted by molar-refractivity contribution is -0.134. The first-order chi connectivity index (χ1) is 9.25. The van der Waals surface area contributed by atoms with Gasteiger partial charge >= 0.3 is 11.8 Å². The van der Waals surface area contributed by atoms with Crippen molar-refractivity contribution in [2.75, 3.05) is 16.8 Å². The molecule has 0 fully saturated rings. The molecule has 1 aliphatic heterocycles. The predicted octanol–water partition coefficient (Wildman–Crippen LogP) is 0.332. The molecule has 2 N–H and O–H groups in total. The number of hydrogen-bond donors (Lipinski definition) is 2. The molecule has 1 aromatic carbocycles. The van der Waals surface area contributed by atoms with Crippen LogP contribution in [0.4, 0.5) is 11.6 Å². The average Bonchev–Trinajstić information content (AvgIpc) is 3.06. The molecule has 2 amide bonds. The van der Waals surface area contributed by atoms with Crippen molar-refractivity contribution < 1.29 is 9.59 Å². The topological polar surface area (TPSA) is 91.0 Å². The fraction of sp³-hybridized carbons (Fsp3) is 0.167. The largest absolute Gasteiger partial charge is 0.316 e. The minimum atomic E-state index is -0.728. The number of aromatic amines is 1. The van der Waals surface area contributed by atoms with Gasteiger partial charge in [0.1, 0.15) is 6.33 Å². The van der Waals surface area contributed by atoms with Gasteiger partial charge in [0.05, 0.1) is 0 Å². The summed E-state index contributed by atoms with van der Waals surface area (Å²) in [6, 6.07) is 7.55. The van der Waals surface area contributed by atoms with E-state index in [4.69, 9.17) is 0 Å². The Morgan fingerprint density at radius 3 is 2.95 bits per heavy atom. The van der Waals surface area contributed by atoms with Crippen molar-refractivity contribution in [2.45, 2.75) is 6.42 Å². The van der Waals surface area contributed by atoms with Crippen LogP contribution in [-0.4, -0.2) is 33.5 Å². The van der Waals surface area contributed by atoms with Gasteiger partial charge < -0.3 is 4.90 Å². The highest BCUT2D eigenvalue weighted by Gasteiger charge is 2.29. The molecule has 0 radical (unpaired) electrons. The first-order valence-electron chi connectivity index (χ1n) is 5.82. The number of amides is 2. The monoisotopic (exact) mass is 257 g/mol. The molecule has 19 heavy (non-hydrogen) atoms. The number of nitrogens with one attached hydrogen (secondary N) is 2. The Kier molecular flexibility index (Phi) is 2.71. The standard InChI is InChI=1S/C12H11N5O2/c18-10(15-12-13-7-14-16-12)11(19)17-6-5-8-3-1-2-4-9(8)17/h1-4,7H,5-6H2,(H2,13,14,15,16,18). The number of para-hydroxylation sites is 1. The summed E-state index contributed by atoms with van der Waals surface area (Å²) in [6.07, 6.45) is 2.02. The lowest BCUT2D eigenvalue weighted by Gasteiger charge is -2.15. The van der Waals surface area contributed by atoms with Crippen LogP contribution >= 0.6 is 0 Å². The van der Waals surface area contributed by atoms with E-state index in [0.29, 0.717) is 6.54 Å². The van der Waals surface area contributed by atoms with Gasteiger partial charge in [0, 0.05) is 12.2 Å². The molecule has 2 aromatic rings. The number of rotatable bonds is 1. The van der Waals surface area contributed by atoms with E-state index in [-0.39, 0.29) is 5.95 Å². The summed E-state index contributed by atoms with van der Waals surface area (Å²) >= 11 is 0. The van der Waals surface area contributed by atoms with Gasteiger partial charge in [0.25, 0.3) is 0 Å². The number of benzene rings is 1. The first-order valence-corrected chi connectivity index (χ1v) is 5.82. The van der Waals surface area contributed by atoms with Crippen molar-refractivity contribution in [2.24, 2.45) is 0 Å². The molecule has 0 spiro atoms. The van der Waals surface area contributed by atoms with Gasteiger partial charge in [-0.15, -0.1) is 0 Å². The Bertz CT molecular complexity index is 623. The maximum absolute atomic E-state index is 12.1. The van der Waals surface area contributed by atoms with E-state index < -0.39 is 11.8 Å². The normalized spacial score (nSPS) is 13.2. The molecule has 7 heteroatoms. The number of fused-ring (bicyclic) bond motifs is 1. The lowest BCUT2D eigenvalue weighted by atomic mass is 10.2. The van der Waals surface area contributed by atoms with Crippen LogP contribution in [-0.2, 0) is 16.0 Å². The van der Waals surface area contributed by atoms with Crippen molar-refractivity contribution >= 4 is 23.5 Å². The number of carbonyl (C=O) groups excluding carboxylic acids is 2. The lowest BCUT2D eigenvalue weighted by Crippen LogP contribution is -2.38. The third-order valence-electron chi connectivity index (χ3n) is 2.97. The second-order valence-electron chi connectivity index (χ2n) is 4.12. The van der Waals surface area contributed by atoms with E-state index in [1.54, 1.807) is 0 Å². The average molecular weight is 257 g/mol. The molecule has 1 aliphatic rings. The molecule has 0 aliphatic carbocycles. The van der Waals surface area contributed by atoms with Crippen LogP contribution in [0.5, 0.6) is 0 Å². The molecule has 0 unspecified atom stereocenters. The molecule has 0 saturated heterocycles. The summed E-state index contributed by atoms with van der Waals surface area (Å²) < 4.78 is 0. The maximum Gasteiger partial charge on any atom is 0.316 e. The molecule has 1 aromatic heterocycles. The van der Waals surface area contributed by atoms with E-state index in [1.165, 1.54) is 11.2 Å². The second-order valence-corrected chi connectivity index (χ2v) is 4.12. The molecule has 0 bridgehead atoms. The van der Waals surface area contributed by atoms with Crippen LogP contribution in [0.3, 0.4) is 0 Å². The molecule has 96 valence electrons. The van der Waals surface area contributed by atoms with Crippen LogP contribution in [0.25, 0.3) is 0 Å². The number of H-pyrrole nitrogens is 1. The van der Waals surface area contributed by atoms with Gasteiger partial charge in [-0.3, -0.25) is 14.9 Å². The highest BCUT2D eigenvalue weighted by atomic mass is 16.2. The Hall–Kier alpha value is -2.70. The fourth-order valence-corrected chi connectivity index (χ4v) is 2.10. The van der Waals surface area contributed by atoms with Crippen molar-refractivity contribution in [1.82, 2.24) is 15.2 Å². The number of aromatic nitrogens is 3. The van der Waals surface area contributed by atoms with Gasteiger partial charge in [0.15, 0.2) is 0 Å². The summed E-state index contributed by atoms with van der Waals surface area (Å²) in [6.45, 7) is 0.516. The van der Waals surface area contributed by atoms with Crippen LogP contribution < -0.4 is 10.2 Å². The van der Waals surface area contributed by atoms with E-state index in [2.05, 4.69) is 20.5 Å². The second kappa shape index (κ2) is 4.52. The molecule has 2 heterocycles. The molecular weight excluding hydrogens is 246 g/mol. The minimum Gasteiger partial charge on any atom is -0.304 e. The minimum absolute atomic E-state index is 0.158. The van der Waals surface area contributed by atoms with Crippen LogP contribution in [0.2, 0.25) is 0 Å². The number of carbonyl (C=O) groups is 2. The quantitative estimate of drug-likeness (QED) is 0.720. The zero-order valence-corrected chi connectivity index (χ0v) is 9.96. The zero-order chi connectivity index (χ0) is 13.2. The van der Waals surface area contributed by atoms with Gasteiger partial charge in [0.2, 0.25) is 5.95 Å². The van der Waals surface area contributed by atoms with Crippen molar-refractivity contribution in [3.05, 3.63) is 36.2 Å². The smallest absolute Gasteiger partial charge is 0.304 e. The summed E-state index contributed by atoms with van der Waals surface area (Å²) in [4.78, 5) is 29.1. The van der Waals surface area contributed by atoms with E-state index >= 15 is 0 Å². The van der Waals surface area contributed by atoms with E-state index in [1.807, 2.05) is 24.3 Å². The number of anilines is 2. The number of hydrogen-bond acceptors (Lipinski definition) is 4. The first kappa shape index (κ1) is 11.4. The Balaban J connectivity index is 1.77. The summed E-state index contributed by atoms with van der Waals surface area (Å²) in [5.41, 5.74) is 1.86. The third-order valence-corrected chi connectivity index (χ3v) is 2.97. The van der Waals surface area contributed by atoms with Crippen molar-refractivity contribution in [3.63, 3.8) is 0 Å². The summed E-state index contributed by atoms with van der Waals surface area (Å²) in [7, 11) is 0. The number of nitrogens with zero attached hydrogens (tertiary/aromatic N) is 3. The Labute approximate surface area is 108 Å². The van der Waals surface area contributed by atoms with E-state index in [9.17, 15) is 9.59 Å². The molecule has 3 rings (SSSR count). The van der Waals surface area contributed by atoms with Crippen LogP contribution in [0.15, 0.2) is 30.6 Å². The van der Waals surface area contributed by atoms with Gasteiger partial charge in [-0.25, -0.2) is 5.10 Å². The fourth-order valence-electron chi connectivity index (χ4n) is 2.10. The zero-order valence-electron chi connectivity index (χ0n) is 9.96. The Morgan fingerprint density at radius 2 is 2.16 bits per heavy atom. The summed E-state index contributed by atoms with van der Waals surface area (Å²) in [5.74, 6) is -1.17. The molecule has 0 saturated carbocycles. The summed E-state index contributed by atoms with van der Waals surface area (Å²) in [5, 5.41) is 8.43. The van der Waals surface area contributed by atoms with Crippen molar-refractivity contribution in [3.8, 4) is 0 Å². The SMILES string of the molecule is O=C(Nc1ncn[nH]1)C(=O)N1CCc2ccccc21. The van der Waals surface area contributed by atoms with Gasteiger partial charge in [-0.1, -0.05) is 18.2 Å². The van der Waals surface area contributed by atoms with Crippen LogP contribution in [0, 0.1) is 0 Å². The molecule has 0 atom stereocenters. The third kappa shape index (κ3) is 2.05. The highest BCUT2D eigenvalue weighted by molar-refractivity contribution is 6.44. The van der Waals surface area contributed by atoms with Gasteiger partial charge in [-0.05, 0) is 18.1 Å². The van der Waals surface area contributed by atoms with Crippen molar-refractivity contribution in [1.29, 1.82) is 0 Å². The predicted molar refractivity (Wildman–Crippen MR) is 67.5 cm³/mol. The Morgan fingerprint density at radius 1 is 1.32 bits per heavy atom. The molecule has 7 nitrogen and oxygen atoms in total. The van der Waals surface area contributed by atoms with Gasteiger partial charge in [-0.2, -0.15) is 10.1 Å². The van der Waals surface area contributed by atoms with E-state index in [0.717, 1.165) is 17.7 Å².